The first-order valence-electron chi connectivity index (χ1n) is 6.44. The van der Waals surface area contributed by atoms with Crippen molar-refractivity contribution in [1.82, 2.24) is 10.6 Å². The summed E-state index contributed by atoms with van der Waals surface area (Å²) in [5.41, 5.74) is 1.31. The van der Waals surface area contributed by atoms with Gasteiger partial charge in [-0.2, -0.15) is 0 Å². The van der Waals surface area contributed by atoms with E-state index in [1.54, 1.807) is 0 Å². The number of hydrogen-bond donors (Lipinski definition) is 2. The van der Waals surface area contributed by atoms with Gasteiger partial charge >= 0.3 is 0 Å². The van der Waals surface area contributed by atoms with E-state index in [9.17, 15) is 0 Å². The van der Waals surface area contributed by atoms with Crippen molar-refractivity contribution in [2.45, 2.75) is 39.0 Å². The zero-order valence-corrected chi connectivity index (χ0v) is 11.9. The highest BCUT2D eigenvalue weighted by Gasteiger charge is 2.12. The molecule has 1 aliphatic rings. The quantitative estimate of drug-likeness (QED) is 0.862. The lowest BCUT2D eigenvalue weighted by molar-refractivity contribution is 0.242. The van der Waals surface area contributed by atoms with Crippen molar-refractivity contribution in [3.63, 3.8) is 0 Å². The predicted octanol–water partition coefficient (Wildman–Crippen LogP) is 2.35. The van der Waals surface area contributed by atoms with Gasteiger partial charge in [-0.15, -0.1) is 12.4 Å². The molecule has 1 heterocycles. The highest BCUT2D eigenvalue weighted by molar-refractivity contribution is 5.85. The van der Waals surface area contributed by atoms with E-state index in [1.807, 2.05) is 26.0 Å². The number of hydrogen-bond acceptors (Lipinski definition) is 3. The molecule has 1 aromatic carbocycles. The van der Waals surface area contributed by atoms with Gasteiger partial charge in [-0.1, -0.05) is 12.1 Å². The van der Waals surface area contributed by atoms with Crippen LogP contribution in [0.2, 0.25) is 0 Å². The summed E-state index contributed by atoms with van der Waals surface area (Å²) in [6, 6.07) is 8.98. The minimum atomic E-state index is 0. The highest BCUT2D eigenvalue weighted by Crippen LogP contribution is 2.14. The minimum Gasteiger partial charge on any atom is -0.491 e. The van der Waals surface area contributed by atoms with Crippen molar-refractivity contribution in [3.8, 4) is 5.75 Å². The minimum absolute atomic E-state index is 0. The summed E-state index contributed by atoms with van der Waals surface area (Å²) in [6.45, 7) is 7.26. The van der Waals surface area contributed by atoms with Crippen LogP contribution in [0.3, 0.4) is 0 Å². The van der Waals surface area contributed by atoms with Crippen molar-refractivity contribution in [3.05, 3.63) is 29.8 Å². The summed E-state index contributed by atoms with van der Waals surface area (Å²) < 4.78 is 5.62. The van der Waals surface area contributed by atoms with Crippen LogP contribution in [0.25, 0.3) is 0 Å². The van der Waals surface area contributed by atoms with E-state index in [-0.39, 0.29) is 18.5 Å². The summed E-state index contributed by atoms with van der Waals surface area (Å²) in [6.07, 6.45) is 1.47. The average molecular weight is 271 g/mol. The fourth-order valence-corrected chi connectivity index (χ4v) is 2.05. The Labute approximate surface area is 116 Å². The maximum atomic E-state index is 5.62. The smallest absolute Gasteiger partial charge is 0.119 e. The molecule has 0 unspecified atom stereocenters. The van der Waals surface area contributed by atoms with Gasteiger partial charge < -0.3 is 15.4 Å². The van der Waals surface area contributed by atoms with E-state index in [0.29, 0.717) is 6.04 Å². The molecule has 102 valence electrons. The molecule has 1 fully saturated rings. The topological polar surface area (TPSA) is 33.3 Å². The van der Waals surface area contributed by atoms with Crippen molar-refractivity contribution >= 4 is 12.4 Å². The van der Waals surface area contributed by atoms with E-state index in [1.165, 1.54) is 12.0 Å². The van der Waals surface area contributed by atoms with Gasteiger partial charge in [0.2, 0.25) is 0 Å². The van der Waals surface area contributed by atoms with Gasteiger partial charge in [-0.3, -0.25) is 0 Å². The second-order valence-corrected chi connectivity index (χ2v) is 4.88. The molecule has 0 bridgehead atoms. The second-order valence-electron chi connectivity index (χ2n) is 4.88. The Kier molecular flexibility index (Phi) is 6.47. The zero-order valence-electron chi connectivity index (χ0n) is 11.1. The SMILES string of the molecule is CC(C)Oc1ccc(CN[C@@H]2CCNC2)cc1.Cl. The lowest BCUT2D eigenvalue weighted by Crippen LogP contribution is -2.30. The summed E-state index contributed by atoms with van der Waals surface area (Å²) in [4.78, 5) is 0. The first-order valence-corrected chi connectivity index (χ1v) is 6.44. The molecular formula is C14H23ClN2O. The Morgan fingerprint density at radius 1 is 1.33 bits per heavy atom. The molecule has 0 spiro atoms. The molecule has 18 heavy (non-hydrogen) atoms. The molecule has 3 nitrogen and oxygen atoms in total. The molecule has 0 amide bonds. The summed E-state index contributed by atoms with van der Waals surface area (Å²) in [7, 11) is 0. The van der Waals surface area contributed by atoms with Gasteiger partial charge in [-0.25, -0.2) is 0 Å². The van der Waals surface area contributed by atoms with Crippen LogP contribution in [-0.2, 0) is 6.54 Å². The van der Waals surface area contributed by atoms with Crippen LogP contribution in [0.4, 0.5) is 0 Å². The Balaban J connectivity index is 0.00000162. The van der Waals surface area contributed by atoms with Crippen molar-refractivity contribution in [2.24, 2.45) is 0 Å². The molecule has 1 aromatic rings. The number of ether oxygens (including phenoxy) is 1. The lowest BCUT2D eigenvalue weighted by atomic mass is 10.2. The normalized spacial score (nSPS) is 18.7. The molecule has 1 atom stereocenters. The van der Waals surface area contributed by atoms with Gasteiger partial charge in [-0.05, 0) is 44.5 Å². The van der Waals surface area contributed by atoms with E-state index in [4.69, 9.17) is 4.74 Å². The zero-order chi connectivity index (χ0) is 12.1. The third kappa shape index (κ3) is 4.84. The van der Waals surface area contributed by atoms with Crippen molar-refractivity contribution in [2.75, 3.05) is 13.1 Å². The maximum absolute atomic E-state index is 5.62. The van der Waals surface area contributed by atoms with E-state index in [2.05, 4.69) is 22.8 Å². The summed E-state index contributed by atoms with van der Waals surface area (Å²) >= 11 is 0. The summed E-state index contributed by atoms with van der Waals surface area (Å²) in [5, 5.41) is 6.91. The Bertz CT molecular complexity index is 334. The fourth-order valence-electron chi connectivity index (χ4n) is 2.05. The van der Waals surface area contributed by atoms with Crippen molar-refractivity contribution < 1.29 is 4.74 Å². The van der Waals surface area contributed by atoms with Crippen LogP contribution in [-0.4, -0.2) is 25.2 Å². The molecule has 0 aliphatic carbocycles. The maximum Gasteiger partial charge on any atom is 0.119 e. The molecule has 0 aromatic heterocycles. The van der Waals surface area contributed by atoms with Gasteiger partial charge in [0.05, 0.1) is 6.10 Å². The monoisotopic (exact) mass is 270 g/mol. The largest absolute Gasteiger partial charge is 0.491 e. The molecule has 0 radical (unpaired) electrons. The van der Waals surface area contributed by atoms with Gasteiger partial charge in [0, 0.05) is 19.1 Å². The first kappa shape index (κ1) is 15.3. The number of nitrogens with one attached hydrogen (secondary N) is 2. The Morgan fingerprint density at radius 2 is 2.06 bits per heavy atom. The number of halogens is 1. The van der Waals surface area contributed by atoms with E-state index in [0.717, 1.165) is 25.4 Å². The molecule has 2 N–H and O–H groups in total. The van der Waals surface area contributed by atoms with Crippen LogP contribution in [0.1, 0.15) is 25.8 Å². The van der Waals surface area contributed by atoms with Crippen LogP contribution in [0.5, 0.6) is 5.75 Å². The van der Waals surface area contributed by atoms with Gasteiger partial charge in [0.1, 0.15) is 5.75 Å². The first-order chi connectivity index (χ1) is 8.24. The molecule has 1 aliphatic heterocycles. The average Bonchev–Trinajstić information content (AvgIpc) is 2.80. The molecule has 0 saturated carbocycles. The summed E-state index contributed by atoms with van der Waals surface area (Å²) in [5.74, 6) is 0.950. The van der Waals surface area contributed by atoms with E-state index < -0.39 is 0 Å². The van der Waals surface area contributed by atoms with Crippen LogP contribution in [0.15, 0.2) is 24.3 Å². The molecule has 4 heteroatoms. The van der Waals surface area contributed by atoms with Crippen LogP contribution in [0, 0.1) is 0 Å². The second kappa shape index (κ2) is 7.62. The standard InChI is InChI=1S/C14H22N2O.ClH/c1-11(2)17-14-5-3-12(4-6-14)9-16-13-7-8-15-10-13;/h3-6,11,13,15-16H,7-10H2,1-2H3;1H/t13-;/m1./s1. The van der Waals surface area contributed by atoms with Crippen molar-refractivity contribution in [1.29, 1.82) is 0 Å². The van der Waals surface area contributed by atoms with Gasteiger partial charge in [0.15, 0.2) is 0 Å². The molecular weight excluding hydrogens is 248 g/mol. The van der Waals surface area contributed by atoms with Gasteiger partial charge in [0.25, 0.3) is 0 Å². The van der Waals surface area contributed by atoms with E-state index >= 15 is 0 Å². The Hall–Kier alpha value is -0.770. The third-order valence-electron chi connectivity index (χ3n) is 2.95. The van der Waals surface area contributed by atoms with Crippen LogP contribution >= 0.6 is 12.4 Å². The number of rotatable bonds is 5. The lowest BCUT2D eigenvalue weighted by Gasteiger charge is -2.12. The highest BCUT2D eigenvalue weighted by atomic mass is 35.5. The Morgan fingerprint density at radius 3 is 2.61 bits per heavy atom. The number of benzene rings is 1. The predicted molar refractivity (Wildman–Crippen MR) is 77.6 cm³/mol. The fraction of sp³-hybridized carbons (Fsp3) is 0.571. The third-order valence-corrected chi connectivity index (χ3v) is 2.95. The molecule has 1 saturated heterocycles. The van der Waals surface area contributed by atoms with Crippen LogP contribution < -0.4 is 15.4 Å². The molecule has 2 rings (SSSR count).